The van der Waals surface area contributed by atoms with Crippen LogP contribution in [-0.2, 0) is 14.8 Å². The molecule has 0 saturated carbocycles. The number of benzene rings is 1. The van der Waals surface area contributed by atoms with Gasteiger partial charge >= 0.3 is 5.97 Å². The van der Waals surface area contributed by atoms with Gasteiger partial charge < -0.3 is 4.74 Å². The Kier molecular flexibility index (Phi) is 4.66. The predicted molar refractivity (Wildman–Crippen MR) is 63.4 cm³/mol. The maximum absolute atomic E-state index is 13.4. The molecule has 5 nitrogen and oxygen atoms in total. The highest BCUT2D eigenvalue weighted by atomic mass is 35.5. The molecule has 0 aliphatic carbocycles. The molecule has 0 spiro atoms. The summed E-state index contributed by atoms with van der Waals surface area (Å²) in [4.78, 5) is 11.0. The highest BCUT2D eigenvalue weighted by molar-refractivity contribution is 7.89. The number of hydrogen-bond acceptors (Lipinski definition) is 4. The molecule has 0 bridgehead atoms. The number of sulfonamides is 1. The van der Waals surface area contributed by atoms with Gasteiger partial charge in [0, 0.05) is 0 Å². The van der Waals surface area contributed by atoms with Gasteiger partial charge in [0.1, 0.15) is 5.82 Å². The number of ether oxygens (including phenoxy) is 1. The van der Waals surface area contributed by atoms with Gasteiger partial charge in [0.2, 0.25) is 10.0 Å². The Labute approximate surface area is 109 Å². The Balaban J connectivity index is 3.27. The summed E-state index contributed by atoms with van der Waals surface area (Å²) >= 11 is 5.58. The van der Waals surface area contributed by atoms with Gasteiger partial charge in [0.15, 0.2) is 0 Å². The summed E-state index contributed by atoms with van der Waals surface area (Å²) in [7, 11) is -4.13. The number of carbonyl (C=O) groups excluding carboxylic acids is 1. The lowest BCUT2D eigenvalue weighted by molar-refractivity contribution is 0.0504. The molecule has 1 rings (SSSR count). The van der Waals surface area contributed by atoms with Crippen LogP contribution in [-0.4, -0.2) is 21.0 Å². The van der Waals surface area contributed by atoms with Crippen LogP contribution < -0.4 is 5.14 Å². The van der Waals surface area contributed by atoms with E-state index in [-0.39, 0.29) is 12.2 Å². The molecule has 0 fully saturated rings. The minimum Gasteiger partial charge on any atom is -0.462 e. The molecule has 2 N–H and O–H groups in total. The topological polar surface area (TPSA) is 86.5 Å². The van der Waals surface area contributed by atoms with Crippen LogP contribution in [0.2, 0.25) is 5.02 Å². The van der Waals surface area contributed by atoms with Crippen molar-refractivity contribution < 1.29 is 22.3 Å². The van der Waals surface area contributed by atoms with Crippen LogP contribution in [0.3, 0.4) is 0 Å². The molecule has 0 amide bonds. The van der Waals surface area contributed by atoms with E-state index >= 15 is 0 Å². The summed E-state index contributed by atoms with van der Waals surface area (Å²) in [5, 5.41) is 4.36. The predicted octanol–water partition coefficient (Wildman–Crippen LogP) is 1.69. The van der Waals surface area contributed by atoms with Crippen LogP contribution in [0.4, 0.5) is 4.39 Å². The van der Waals surface area contributed by atoms with Gasteiger partial charge in [-0.3, -0.25) is 0 Å². The summed E-state index contributed by atoms with van der Waals surface area (Å²) in [6.45, 7) is 1.90. The molecule has 0 saturated heterocycles. The third kappa shape index (κ3) is 3.41. The third-order valence-electron chi connectivity index (χ3n) is 1.99. The van der Waals surface area contributed by atoms with Crippen molar-refractivity contribution >= 4 is 27.6 Å². The molecule has 0 aliphatic rings. The van der Waals surface area contributed by atoms with Gasteiger partial charge in [-0.1, -0.05) is 18.5 Å². The first-order valence-corrected chi connectivity index (χ1v) is 6.88. The summed E-state index contributed by atoms with van der Waals surface area (Å²) in [5.74, 6) is -1.95. The fourth-order valence-corrected chi connectivity index (χ4v) is 1.89. The van der Waals surface area contributed by atoms with Crippen LogP contribution in [0.5, 0.6) is 0 Å². The Morgan fingerprint density at radius 3 is 2.61 bits per heavy atom. The zero-order chi connectivity index (χ0) is 13.9. The second-order valence-electron chi connectivity index (χ2n) is 3.45. The minimum absolute atomic E-state index is 0.121. The van der Waals surface area contributed by atoms with Gasteiger partial charge in [0.25, 0.3) is 0 Å². The van der Waals surface area contributed by atoms with Crippen LogP contribution in [0.25, 0.3) is 0 Å². The summed E-state index contributed by atoms with van der Waals surface area (Å²) in [5.41, 5.74) is -0.367. The van der Waals surface area contributed by atoms with Crippen molar-refractivity contribution in [1.82, 2.24) is 0 Å². The lowest BCUT2D eigenvalue weighted by atomic mass is 10.2. The van der Waals surface area contributed by atoms with E-state index in [2.05, 4.69) is 0 Å². The van der Waals surface area contributed by atoms with Gasteiger partial charge in [0.05, 0.1) is 22.1 Å². The molecule has 100 valence electrons. The smallest absolute Gasteiger partial charge is 0.339 e. The van der Waals surface area contributed by atoms with E-state index in [4.69, 9.17) is 21.5 Å². The molecule has 1 aromatic carbocycles. The van der Waals surface area contributed by atoms with Crippen molar-refractivity contribution in [3.8, 4) is 0 Å². The molecule has 0 atom stereocenters. The Bertz CT molecular complexity index is 573. The SMILES string of the molecule is CCCOC(=O)c1cc(S(N)(=O)=O)cc(F)c1Cl. The zero-order valence-corrected chi connectivity index (χ0v) is 11.0. The maximum Gasteiger partial charge on any atom is 0.339 e. The number of esters is 1. The quantitative estimate of drug-likeness (QED) is 0.856. The molecular formula is C10H11ClFNO4S. The van der Waals surface area contributed by atoms with Crippen molar-refractivity contribution in [1.29, 1.82) is 0 Å². The average Bonchev–Trinajstić information content (AvgIpc) is 2.27. The molecule has 18 heavy (non-hydrogen) atoms. The number of carbonyl (C=O) groups is 1. The average molecular weight is 296 g/mol. The van der Waals surface area contributed by atoms with Gasteiger partial charge in [-0.2, -0.15) is 0 Å². The van der Waals surface area contributed by atoms with Crippen LogP contribution >= 0.6 is 11.6 Å². The second-order valence-corrected chi connectivity index (χ2v) is 5.39. The minimum atomic E-state index is -4.13. The molecule has 8 heteroatoms. The highest BCUT2D eigenvalue weighted by Crippen LogP contribution is 2.24. The fourth-order valence-electron chi connectivity index (χ4n) is 1.15. The monoisotopic (exact) mass is 295 g/mol. The highest BCUT2D eigenvalue weighted by Gasteiger charge is 2.20. The molecule has 1 aromatic rings. The van der Waals surface area contributed by atoms with Crippen molar-refractivity contribution in [3.63, 3.8) is 0 Å². The standard InChI is InChI=1S/C10H11ClFNO4S/c1-2-3-17-10(14)7-4-6(18(13,15)16)5-8(12)9(7)11/h4-5H,2-3H2,1H3,(H2,13,15,16). The summed E-state index contributed by atoms with van der Waals surface area (Å²) in [6.07, 6.45) is 0.570. The number of nitrogens with two attached hydrogens (primary N) is 1. The van der Waals surface area contributed by atoms with Crippen molar-refractivity contribution in [2.75, 3.05) is 6.61 Å². The summed E-state index contributed by atoms with van der Waals surface area (Å²) < 4.78 is 40.4. The Hall–Kier alpha value is -1.18. The molecule has 0 radical (unpaired) electrons. The van der Waals surface area contributed by atoms with Gasteiger partial charge in [-0.05, 0) is 18.6 Å². The number of primary sulfonamides is 1. The van der Waals surface area contributed by atoms with E-state index in [0.29, 0.717) is 12.5 Å². The molecular weight excluding hydrogens is 285 g/mol. The number of halogens is 2. The van der Waals surface area contributed by atoms with Crippen LogP contribution in [0, 0.1) is 5.82 Å². The van der Waals surface area contributed by atoms with Gasteiger partial charge in [-0.25, -0.2) is 22.7 Å². The van der Waals surface area contributed by atoms with E-state index in [1.54, 1.807) is 6.92 Å². The number of rotatable bonds is 4. The first kappa shape index (κ1) is 14.9. The zero-order valence-electron chi connectivity index (χ0n) is 9.44. The fraction of sp³-hybridized carbons (Fsp3) is 0.300. The normalized spacial score (nSPS) is 11.3. The van der Waals surface area contributed by atoms with E-state index in [9.17, 15) is 17.6 Å². The van der Waals surface area contributed by atoms with Crippen molar-refractivity contribution in [2.45, 2.75) is 18.2 Å². The first-order valence-electron chi connectivity index (χ1n) is 4.96. The lowest BCUT2D eigenvalue weighted by Crippen LogP contribution is -2.15. The first-order chi connectivity index (χ1) is 8.27. The van der Waals surface area contributed by atoms with E-state index < -0.39 is 31.7 Å². The number of hydrogen-bond donors (Lipinski definition) is 1. The molecule has 0 unspecified atom stereocenters. The van der Waals surface area contributed by atoms with Crippen molar-refractivity contribution in [3.05, 3.63) is 28.5 Å². The van der Waals surface area contributed by atoms with E-state index in [1.165, 1.54) is 0 Å². The Morgan fingerprint density at radius 1 is 1.50 bits per heavy atom. The van der Waals surface area contributed by atoms with Gasteiger partial charge in [-0.15, -0.1) is 0 Å². The Morgan fingerprint density at radius 2 is 2.11 bits per heavy atom. The molecule has 0 aromatic heterocycles. The van der Waals surface area contributed by atoms with Crippen molar-refractivity contribution in [2.24, 2.45) is 5.14 Å². The molecule has 0 aliphatic heterocycles. The van der Waals surface area contributed by atoms with Crippen LogP contribution in [0.15, 0.2) is 17.0 Å². The molecule has 0 heterocycles. The third-order valence-corrected chi connectivity index (χ3v) is 3.26. The summed E-state index contributed by atoms with van der Waals surface area (Å²) in [6, 6.07) is 1.53. The van der Waals surface area contributed by atoms with E-state index in [1.807, 2.05) is 0 Å². The van der Waals surface area contributed by atoms with Crippen LogP contribution in [0.1, 0.15) is 23.7 Å². The second kappa shape index (κ2) is 5.64. The largest absolute Gasteiger partial charge is 0.462 e. The lowest BCUT2D eigenvalue weighted by Gasteiger charge is -2.07. The van der Waals surface area contributed by atoms with E-state index in [0.717, 1.165) is 6.07 Å². The maximum atomic E-state index is 13.4.